The molecule has 0 spiro atoms. The predicted octanol–water partition coefficient (Wildman–Crippen LogP) is 1.87. The lowest BCUT2D eigenvalue weighted by atomic mass is 10.2. The molecule has 0 radical (unpaired) electrons. The second-order valence-electron chi connectivity index (χ2n) is 4.52. The molecule has 0 saturated heterocycles. The molecular formula is C14H13BrN2O4. The maximum atomic E-state index is 11.9. The number of carbonyl (C=O) groups is 2. The van der Waals surface area contributed by atoms with E-state index in [1.165, 1.54) is 17.4 Å². The summed E-state index contributed by atoms with van der Waals surface area (Å²) >= 11 is 3.28. The van der Waals surface area contributed by atoms with Crippen molar-refractivity contribution < 1.29 is 14.3 Å². The van der Waals surface area contributed by atoms with Crippen LogP contribution in [0.1, 0.15) is 25.5 Å². The van der Waals surface area contributed by atoms with Crippen molar-refractivity contribution in [1.29, 1.82) is 0 Å². The molecule has 110 valence electrons. The number of Topliss-reactive ketones (excluding diaryl/α,β-unsaturated/α-hetero) is 1. The zero-order valence-corrected chi connectivity index (χ0v) is 12.9. The minimum Gasteiger partial charge on any atom is -0.459 e. The van der Waals surface area contributed by atoms with Crippen LogP contribution < -0.4 is 5.56 Å². The fourth-order valence-electron chi connectivity index (χ4n) is 1.70. The third kappa shape index (κ3) is 4.22. The molecule has 0 aromatic carbocycles. The Kier molecular flexibility index (Phi) is 4.85. The topological polar surface area (TPSA) is 77.7 Å². The van der Waals surface area contributed by atoms with Crippen LogP contribution in [0.2, 0.25) is 0 Å². The predicted molar refractivity (Wildman–Crippen MR) is 78.9 cm³/mol. The van der Waals surface area contributed by atoms with E-state index in [9.17, 15) is 14.4 Å². The van der Waals surface area contributed by atoms with Crippen LogP contribution >= 0.6 is 15.9 Å². The van der Waals surface area contributed by atoms with Gasteiger partial charge in [0.1, 0.15) is 18.0 Å². The van der Waals surface area contributed by atoms with E-state index in [1.807, 2.05) is 0 Å². The second kappa shape index (κ2) is 6.62. The third-order valence-corrected chi connectivity index (χ3v) is 3.21. The highest BCUT2D eigenvalue weighted by atomic mass is 79.9. The fourth-order valence-corrected chi connectivity index (χ4v) is 2.04. The highest BCUT2D eigenvalue weighted by Crippen LogP contribution is 2.09. The van der Waals surface area contributed by atoms with Crippen LogP contribution in [0.15, 0.2) is 33.7 Å². The number of fused-ring (bicyclic) bond motifs is 1. The molecule has 0 aliphatic heterocycles. The first-order chi connectivity index (χ1) is 9.95. The highest BCUT2D eigenvalue weighted by Gasteiger charge is 2.08. The second-order valence-corrected chi connectivity index (χ2v) is 5.44. The number of ketones is 1. The lowest BCUT2D eigenvalue weighted by molar-refractivity contribution is -0.146. The Balaban J connectivity index is 2.09. The number of aromatic nitrogens is 2. The van der Waals surface area contributed by atoms with Gasteiger partial charge in [-0.15, -0.1) is 0 Å². The molecule has 0 bridgehead atoms. The largest absolute Gasteiger partial charge is 0.459 e. The Hall–Kier alpha value is -2.02. The normalized spacial score (nSPS) is 10.6. The molecule has 0 N–H and O–H groups in total. The number of rotatable bonds is 5. The molecule has 6 nitrogen and oxygen atoms in total. The number of pyridine rings is 1. The zero-order valence-electron chi connectivity index (χ0n) is 11.3. The molecule has 2 aromatic rings. The first kappa shape index (κ1) is 15.4. The van der Waals surface area contributed by atoms with Crippen molar-refractivity contribution in [1.82, 2.24) is 9.38 Å². The van der Waals surface area contributed by atoms with E-state index in [-0.39, 0.29) is 30.8 Å². The van der Waals surface area contributed by atoms with E-state index in [4.69, 9.17) is 4.74 Å². The van der Waals surface area contributed by atoms with Crippen LogP contribution in [0.25, 0.3) is 5.65 Å². The summed E-state index contributed by atoms with van der Waals surface area (Å²) in [6.45, 7) is 1.33. The van der Waals surface area contributed by atoms with Gasteiger partial charge in [0.05, 0.1) is 12.1 Å². The van der Waals surface area contributed by atoms with Gasteiger partial charge in [0, 0.05) is 23.2 Å². The molecule has 0 aliphatic rings. The van der Waals surface area contributed by atoms with Crippen LogP contribution in [0.4, 0.5) is 0 Å². The molecule has 0 amide bonds. The lowest BCUT2D eigenvalue weighted by Gasteiger charge is -2.06. The van der Waals surface area contributed by atoms with Gasteiger partial charge in [0.2, 0.25) is 0 Å². The van der Waals surface area contributed by atoms with E-state index < -0.39 is 5.97 Å². The molecule has 0 unspecified atom stereocenters. The Labute approximate surface area is 128 Å². The Bertz CT molecular complexity index is 754. The maximum absolute atomic E-state index is 11.9. The van der Waals surface area contributed by atoms with Crippen molar-refractivity contribution in [3.05, 3.63) is 44.9 Å². The monoisotopic (exact) mass is 352 g/mol. The van der Waals surface area contributed by atoms with E-state index in [0.29, 0.717) is 11.3 Å². The molecule has 0 aliphatic carbocycles. The summed E-state index contributed by atoms with van der Waals surface area (Å²) in [7, 11) is 0. The van der Waals surface area contributed by atoms with Crippen molar-refractivity contribution in [2.24, 2.45) is 0 Å². The number of hydrogen-bond acceptors (Lipinski definition) is 5. The number of nitrogens with zero attached hydrogens (tertiary/aromatic N) is 2. The summed E-state index contributed by atoms with van der Waals surface area (Å²) in [5, 5.41) is 0. The SMILES string of the molecule is CC(=O)CCC(=O)OCc1cc(=O)n2cc(Br)ccc2n1. The summed E-state index contributed by atoms with van der Waals surface area (Å²) < 4.78 is 7.16. The minimum absolute atomic E-state index is 0.0366. The fraction of sp³-hybridized carbons (Fsp3) is 0.286. The first-order valence-corrected chi connectivity index (χ1v) is 7.08. The van der Waals surface area contributed by atoms with Crippen molar-refractivity contribution >= 4 is 33.3 Å². The summed E-state index contributed by atoms with van der Waals surface area (Å²) in [5.41, 5.74) is 0.593. The van der Waals surface area contributed by atoms with E-state index >= 15 is 0 Å². The summed E-state index contributed by atoms with van der Waals surface area (Å²) in [6, 6.07) is 4.77. The molecule has 21 heavy (non-hydrogen) atoms. The molecular weight excluding hydrogens is 340 g/mol. The molecule has 2 aromatic heterocycles. The van der Waals surface area contributed by atoms with Gasteiger partial charge < -0.3 is 9.53 Å². The number of hydrogen-bond donors (Lipinski definition) is 0. The van der Waals surface area contributed by atoms with Gasteiger partial charge >= 0.3 is 5.97 Å². The van der Waals surface area contributed by atoms with Gasteiger partial charge in [0.15, 0.2) is 0 Å². The van der Waals surface area contributed by atoms with Gasteiger partial charge in [-0.3, -0.25) is 14.0 Å². The molecule has 0 fully saturated rings. The Morgan fingerprint density at radius 3 is 2.81 bits per heavy atom. The van der Waals surface area contributed by atoms with Gasteiger partial charge in [-0.25, -0.2) is 4.98 Å². The highest BCUT2D eigenvalue weighted by molar-refractivity contribution is 9.10. The summed E-state index contributed by atoms with van der Waals surface area (Å²) in [6.07, 6.45) is 1.81. The maximum Gasteiger partial charge on any atom is 0.306 e. The van der Waals surface area contributed by atoms with Gasteiger partial charge in [-0.2, -0.15) is 0 Å². The standard InChI is InChI=1S/C14H13BrN2O4/c1-9(18)2-5-14(20)21-8-11-6-13(19)17-7-10(15)3-4-12(17)16-11/h3-4,6-7H,2,5,8H2,1H3. The van der Waals surface area contributed by atoms with E-state index in [0.717, 1.165) is 4.47 Å². The average molecular weight is 353 g/mol. The molecule has 0 atom stereocenters. The number of halogens is 1. The van der Waals surface area contributed by atoms with Crippen molar-refractivity contribution in [2.45, 2.75) is 26.4 Å². The molecule has 7 heteroatoms. The smallest absolute Gasteiger partial charge is 0.306 e. The van der Waals surface area contributed by atoms with Crippen LogP contribution in [0.3, 0.4) is 0 Å². The quantitative estimate of drug-likeness (QED) is 0.767. The summed E-state index contributed by atoms with van der Waals surface area (Å²) in [4.78, 5) is 38.4. The van der Waals surface area contributed by atoms with Crippen LogP contribution in [0.5, 0.6) is 0 Å². The zero-order chi connectivity index (χ0) is 15.4. The molecule has 2 rings (SSSR count). The lowest BCUT2D eigenvalue weighted by Crippen LogP contribution is -2.16. The van der Waals surface area contributed by atoms with Crippen LogP contribution in [-0.2, 0) is 20.9 Å². The van der Waals surface area contributed by atoms with Crippen molar-refractivity contribution in [3.8, 4) is 0 Å². The van der Waals surface area contributed by atoms with Crippen LogP contribution in [-0.4, -0.2) is 21.1 Å². The van der Waals surface area contributed by atoms with E-state index in [2.05, 4.69) is 20.9 Å². The van der Waals surface area contributed by atoms with Crippen LogP contribution in [0, 0.1) is 0 Å². The first-order valence-electron chi connectivity index (χ1n) is 6.28. The minimum atomic E-state index is -0.483. The Morgan fingerprint density at radius 2 is 2.10 bits per heavy atom. The van der Waals surface area contributed by atoms with E-state index in [1.54, 1.807) is 18.3 Å². The number of carbonyl (C=O) groups excluding carboxylic acids is 2. The average Bonchev–Trinajstić information content (AvgIpc) is 2.43. The van der Waals surface area contributed by atoms with Crippen molar-refractivity contribution in [2.75, 3.05) is 0 Å². The van der Waals surface area contributed by atoms with Gasteiger partial charge in [-0.1, -0.05) is 0 Å². The number of esters is 1. The number of ether oxygens (including phenoxy) is 1. The summed E-state index contributed by atoms with van der Waals surface area (Å²) in [5.74, 6) is -0.553. The van der Waals surface area contributed by atoms with Crippen molar-refractivity contribution in [3.63, 3.8) is 0 Å². The third-order valence-electron chi connectivity index (χ3n) is 2.74. The Morgan fingerprint density at radius 1 is 1.33 bits per heavy atom. The van der Waals surface area contributed by atoms with Gasteiger partial charge in [-0.05, 0) is 35.0 Å². The van der Waals surface area contributed by atoms with Gasteiger partial charge in [0.25, 0.3) is 5.56 Å². The molecule has 0 saturated carbocycles. The molecule has 2 heterocycles.